The number of hydrogen-bond donors (Lipinski definition) is 2. The Morgan fingerprint density at radius 3 is 2.25 bits per heavy atom. The summed E-state index contributed by atoms with van der Waals surface area (Å²) >= 11 is 1.40. The molecule has 142 valence electrons. The normalized spacial score (nSPS) is 11.5. The summed E-state index contributed by atoms with van der Waals surface area (Å²) in [4.78, 5) is 25.5. The Labute approximate surface area is 167 Å². The van der Waals surface area contributed by atoms with Gasteiger partial charge in [-0.05, 0) is 61.5 Å². The van der Waals surface area contributed by atoms with Crippen molar-refractivity contribution >= 4 is 35.0 Å². The zero-order valence-electron chi connectivity index (χ0n) is 15.2. The lowest BCUT2D eigenvalue weighted by atomic mass is 10.2. The largest absolute Gasteiger partial charge is 0.325 e. The second-order valence-electron chi connectivity index (χ2n) is 6.10. The Morgan fingerprint density at radius 1 is 0.857 bits per heavy atom. The topological polar surface area (TPSA) is 58.2 Å². The molecule has 1 unspecified atom stereocenters. The van der Waals surface area contributed by atoms with Crippen molar-refractivity contribution in [2.75, 3.05) is 10.6 Å². The van der Waals surface area contributed by atoms with E-state index in [1.54, 1.807) is 12.1 Å². The van der Waals surface area contributed by atoms with Gasteiger partial charge in [0.1, 0.15) is 5.82 Å². The molecule has 0 fully saturated rings. The summed E-state index contributed by atoms with van der Waals surface area (Å²) in [5, 5.41) is 5.34. The fourth-order valence-electron chi connectivity index (χ4n) is 2.47. The fraction of sp³-hybridized carbons (Fsp3) is 0.0909. The molecule has 0 aromatic heterocycles. The standard InChI is InChI=1S/C22H19FN2O2S/c1-15(21(26)24-18-6-3-2-4-7-18)28-20-9-5-8-19(14-20)25-22(27)16-10-12-17(23)13-11-16/h2-15H,1H3,(H,24,26)(H,25,27). The smallest absolute Gasteiger partial charge is 0.255 e. The van der Waals surface area contributed by atoms with E-state index in [0.29, 0.717) is 11.3 Å². The van der Waals surface area contributed by atoms with Crippen LogP contribution in [0.15, 0.2) is 83.8 Å². The Bertz CT molecular complexity index is 962. The first-order chi connectivity index (χ1) is 13.5. The molecule has 0 heterocycles. The number of carbonyl (C=O) groups excluding carboxylic acids is 2. The fourth-order valence-corrected chi connectivity index (χ4v) is 3.40. The third kappa shape index (κ3) is 5.44. The quantitative estimate of drug-likeness (QED) is 0.565. The van der Waals surface area contributed by atoms with E-state index < -0.39 is 5.82 Å². The Hall–Kier alpha value is -3.12. The molecule has 2 N–H and O–H groups in total. The SMILES string of the molecule is CC(Sc1cccc(NC(=O)c2ccc(F)cc2)c1)C(=O)Nc1ccccc1. The first-order valence-corrected chi connectivity index (χ1v) is 9.59. The highest BCUT2D eigenvalue weighted by Crippen LogP contribution is 2.27. The van der Waals surface area contributed by atoms with Crippen LogP contribution in [0.4, 0.5) is 15.8 Å². The lowest BCUT2D eigenvalue weighted by molar-refractivity contribution is -0.115. The second kappa shape index (κ2) is 9.19. The molecule has 0 saturated heterocycles. The van der Waals surface area contributed by atoms with Gasteiger partial charge in [-0.3, -0.25) is 9.59 Å². The molecule has 2 amide bonds. The molecule has 3 aromatic carbocycles. The van der Waals surface area contributed by atoms with Gasteiger partial charge < -0.3 is 10.6 Å². The maximum atomic E-state index is 13.0. The van der Waals surface area contributed by atoms with Crippen molar-refractivity contribution in [3.05, 3.63) is 90.2 Å². The molecular formula is C22H19FN2O2S. The summed E-state index contributed by atoms with van der Waals surface area (Å²) in [5.74, 6) is -0.813. The maximum absolute atomic E-state index is 13.0. The Morgan fingerprint density at radius 2 is 1.54 bits per heavy atom. The average Bonchev–Trinajstić information content (AvgIpc) is 2.69. The van der Waals surface area contributed by atoms with Crippen LogP contribution in [0.25, 0.3) is 0 Å². The van der Waals surface area contributed by atoms with Crippen LogP contribution >= 0.6 is 11.8 Å². The van der Waals surface area contributed by atoms with E-state index in [1.807, 2.05) is 49.4 Å². The van der Waals surface area contributed by atoms with E-state index in [9.17, 15) is 14.0 Å². The molecule has 3 rings (SSSR count). The number of nitrogens with one attached hydrogen (secondary N) is 2. The van der Waals surface area contributed by atoms with Gasteiger partial charge in [0.2, 0.25) is 5.91 Å². The predicted molar refractivity (Wildman–Crippen MR) is 111 cm³/mol. The van der Waals surface area contributed by atoms with Gasteiger partial charge in [-0.15, -0.1) is 11.8 Å². The van der Waals surface area contributed by atoms with E-state index >= 15 is 0 Å². The molecule has 3 aromatic rings. The molecule has 28 heavy (non-hydrogen) atoms. The number of anilines is 2. The lowest BCUT2D eigenvalue weighted by Gasteiger charge is -2.13. The number of hydrogen-bond acceptors (Lipinski definition) is 3. The van der Waals surface area contributed by atoms with E-state index in [2.05, 4.69) is 10.6 Å². The van der Waals surface area contributed by atoms with Crippen molar-refractivity contribution in [2.45, 2.75) is 17.1 Å². The van der Waals surface area contributed by atoms with Crippen molar-refractivity contribution < 1.29 is 14.0 Å². The minimum absolute atomic E-state index is 0.100. The van der Waals surface area contributed by atoms with Crippen LogP contribution in [0.5, 0.6) is 0 Å². The average molecular weight is 394 g/mol. The first-order valence-electron chi connectivity index (χ1n) is 8.71. The van der Waals surface area contributed by atoms with Gasteiger partial charge in [0, 0.05) is 21.8 Å². The highest BCUT2D eigenvalue weighted by Gasteiger charge is 2.15. The van der Waals surface area contributed by atoms with Crippen LogP contribution in [-0.2, 0) is 4.79 Å². The number of benzene rings is 3. The van der Waals surface area contributed by atoms with Crippen LogP contribution in [0, 0.1) is 5.82 Å². The van der Waals surface area contributed by atoms with Crippen LogP contribution in [0.1, 0.15) is 17.3 Å². The van der Waals surface area contributed by atoms with E-state index in [0.717, 1.165) is 10.6 Å². The molecule has 0 spiro atoms. The summed E-state index contributed by atoms with van der Waals surface area (Å²) in [6.45, 7) is 1.83. The summed E-state index contributed by atoms with van der Waals surface area (Å²) in [7, 11) is 0. The monoisotopic (exact) mass is 394 g/mol. The van der Waals surface area contributed by atoms with Gasteiger partial charge in [-0.25, -0.2) is 4.39 Å². The minimum Gasteiger partial charge on any atom is -0.325 e. The third-order valence-electron chi connectivity index (χ3n) is 3.92. The number of rotatable bonds is 6. The molecule has 6 heteroatoms. The maximum Gasteiger partial charge on any atom is 0.255 e. The molecular weight excluding hydrogens is 375 g/mol. The number of halogens is 1. The van der Waals surface area contributed by atoms with Gasteiger partial charge >= 0.3 is 0 Å². The number of para-hydroxylation sites is 1. The number of carbonyl (C=O) groups is 2. The van der Waals surface area contributed by atoms with Crippen LogP contribution in [0.3, 0.4) is 0 Å². The molecule has 1 atom stereocenters. The first kappa shape index (κ1) is 19.6. The van der Waals surface area contributed by atoms with Crippen LogP contribution < -0.4 is 10.6 Å². The second-order valence-corrected chi connectivity index (χ2v) is 7.52. The summed E-state index contributed by atoms with van der Waals surface area (Å²) in [5.41, 5.74) is 1.73. The zero-order valence-corrected chi connectivity index (χ0v) is 16.0. The molecule has 0 aliphatic rings. The van der Waals surface area contributed by atoms with Gasteiger partial charge in [-0.1, -0.05) is 24.3 Å². The van der Waals surface area contributed by atoms with Crippen molar-refractivity contribution in [3.8, 4) is 0 Å². The van der Waals surface area contributed by atoms with Gasteiger partial charge in [0.15, 0.2) is 0 Å². The highest BCUT2D eigenvalue weighted by molar-refractivity contribution is 8.00. The molecule has 4 nitrogen and oxygen atoms in total. The van der Waals surface area contributed by atoms with Gasteiger partial charge in [-0.2, -0.15) is 0 Å². The van der Waals surface area contributed by atoms with E-state index in [1.165, 1.54) is 36.0 Å². The number of amides is 2. The van der Waals surface area contributed by atoms with E-state index in [-0.39, 0.29) is 17.1 Å². The number of thioether (sulfide) groups is 1. The molecule has 0 saturated carbocycles. The van der Waals surface area contributed by atoms with Crippen LogP contribution in [-0.4, -0.2) is 17.1 Å². The molecule has 0 aliphatic carbocycles. The molecule has 0 radical (unpaired) electrons. The van der Waals surface area contributed by atoms with Gasteiger partial charge in [0.05, 0.1) is 5.25 Å². The Kier molecular flexibility index (Phi) is 6.45. The van der Waals surface area contributed by atoms with Gasteiger partial charge in [0.25, 0.3) is 5.91 Å². The lowest BCUT2D eigenvalue weighted by Crippen LogP contribution is -2.22. The molecule has 0 bridgehead atoms. The summed E-state index contributed by atoms with van der Waals surface area (Å²) in [6, 6.07) is 21.9. The summed E-state index contributed by atoms with van der Waals surface area (Å²) in [6.07, 6.45) is 0. The van der Waals surface area contributed by atoms with Crippen molar-refractivity contribution in [1.82, 2.24) is 0 Å². The Balaban J connectivity index is 1.61. The van der Waals surface area contributed by atoms with Crippen LogP contribution in [0.2, 0.25) is 0 Å². The van der Waals surface area contributed by atoms with E-state index in [4.69, 9.17) is 0 Å². The molecule has 0 aliphatic heterocycles. The van der Waals surface area contributed by atoms with Crippen molar-refractivity contribution in [2.24, 2.45) is 0 Å². The highest BCUT2D eigenvalue weighted by atomic mass is 32.2. The summed E-state index contributed by atoms with van der Waals surface area (Å²) < 4.78 is 13.0. The van der Waals surface area contributed by atoms with Crippen molar-refractivity contribution in [3.63, 3.8) is 0 Å². The van der Waals surface area contributed by atoms with Crippen molar-refractivity contribution in [1.29, 1.82) is 0 Å². The zero-order chi connectivity index (χ0) is 19.9. The third-order valence-corrected chi connectivity index (χ3v) is 5.02. The predicted octanol–water partition coefficient (Wildman–Crippen LogP) is 5.20. The minimum atomic E-state index is -0.391.